The zero-order chi connectivity index (χ0) is 20.8. The average molecular weight is 391 g/mol. The Kier molecular flexibility index (Phi) is 7.45. The van der Waals surface area contributed by atoms with Crippen molar-refractivity contribution in [1.29, 1.82) is 0 Å². The molecule has 152 valence electrons. The molecule has 1 aromatic carbocycles. The number of halogens is 1. The smallest absolute Gasteiger partial charge is 0.336 e. The number of rotatable bonds is 7. The van der Waals surface area contributed by atoms with Crippen molar-refractivity contribution < 1.29 is 28.2 Å². The van der Waals surface area contributed by atoms with Crippen molar-refractivity contribution in [2.75, 3.05) is 20.3 Å². The lowest BCUT2D eigenvalue weighted by atomic mass is 9.75. The molecule has 0 saturated carbocycles. The summed E-state index contributed by atoms with van der Waals surface area (Å²) >= 11 is 0. The number of methoxy groups -OCH3 is 1. The van der Waals surface area contributed by atoms with Crippen LogP contribution < -0.4 is 0 Å². The highest BCUT2D eigenvalue weighted by Gasteiger charge is 2.43. The lowest BCUT2D eigenvalue weighted by molar-refractivity contribution is -0.150. The van der Waals surface area contributed by atoms with E-state index < -0.39 is 29.6 Å². The van der Waals surface area contributed by atoms with Crippen molar-refractivity contribution in [3.05, 3.63) is 46.9 Å². The molecule has 0 amide bonds. The lowest BCUT2D eigenvalue weighted by Gasteiger charge is -2.32. The molecule has 0 N–H and O–H groups in total. The number of allylic oxidation sites excluding steroid dienone is 1. The van der Waals surface area contributed by atoms with Gasteiger partial charge in [0.15, 0.2) is 0 Å². The second-order valence-electron chi connectivity index (χ2n) is 6.84. The van der Waals surface area contributed by atoms with Crippen LogP contribution in [0.1, 0.15) is 39.2 Å². The van der Waals surface area contributed by atoms with Crippen molar-refractivity contribution in [2.45, 2.75) is 39.7 Å². The number of hydrogen-bond donors (Lipinski definition) is 0. The van der Waals surface area contributed by atoms with Crippen LogP contribution in [0.15, 0.2) is 40.5 Å². The van der Waals surface area contributed by atoms with Crippen LogP contribution in [0.5, 0.6) is 0 Å². The third-order valence-electron chi connectivity index (χ3n) is 4.41. The Bertz CT molecular complexity index is 800. The molecule has 1 aliphatic heterocycles. The average Bonchev–Trinajstić information content (AvgIpc) is 2.60. The topological polar surface area (TPSA) is 74.2 Å². The van der Waals surface area contributed by atoms with Crippen molar-refractivity contribution >= 4 is 17.7 Å². The number of carbonyl (C=O) groups is 2. The summed E-state index contributed by atoms with van der Waals surface area (Å²) in [6, 6.07) is 6.07. The maximum Gasteiger partial charge on any atom is 0.336 e. The van der Waals surface area contributed by atoms with E-state index in [0.29, 0.717) is 11.4 Å². The maximum atomic E-state index is 14.7. The zero-order valence-corrected chi connectivity index (χ0v) is 16.8. The summed E-state index contributed by atoms with van der Waals surface area (Å²) in [5.41, 5.74) is 1.23. The van der Waals surface area contributed by atoms with Crippen LogP contribution in [0.2, 0.25) is 0 Å². The van der Waals surface area contributed by atoms with Crippen LogP contribution in [0.25, 0.3) is 0 Å². The Morgan fingerprint density at radius 1 is 1.18 bits per heavy atom. The second-order valence-corrected chi connectivity index (χ2v) is 6.84. The summed E-state index contributed by atoms with van der Waals surface area (Å²) in [5, 5.41) is 0. The first-order chi connectivity index (χ1) is 13.3. The molecule has 0 radical (unpaired) electrons. The number of nitrogens with zero attached hydrogens (tertiary/aromatic N) is 1. The van der Waals surface area contributed by atoms with Gasteiger partial charge in [-0.1, -0.05) is 18.2 Å². The van der Waals surface area contributed by atoms with Crippen LogP contribution in [0.4, 0.5) is 4.39 Å². The van der Waals surface area contributed by atoms with Gasteiger partial charge in [0, 0.05) is 24.4 Å². The van der Waals surface area contributed by atoms with E-state index in [2.05, 4.69) is 4.99 Å². The molecule has 0 fully saturated rings. The summed E-state index contributed by atoms with van der Waals surface area (Å²) in [5.74, 6) is -3.53. The SMILES string of the molecule is COCCOC(=O)C1=C(C)N=C(C)C(C(=O)OC(C)C)C1c1ccccc1F. The van der Waals surface area contributed by atoms with Gasteiger partial charge in [-0.15, -0.1) is 0 Å². The first kappa shape index (κ1) is 21.8. The molecule has 2 rings (SSSR count). The van der Waals surface area contributed by atoms with Crippen molar-refractivity contribution in [3.63, 3.8) is 0 Å². The largest absolute Gasteiger partial charge is 0.462 e. The first-order valence-corrected chi connectivity index (χ1v) is 9.14. The third-order valence-corrected chi connectivity index (χ3v) is 4.41. The minimum absolute atomic E-state index is 0.0416. The van der Waals surface area contributed by atoms with Crippen LogP contribution in [-0.2, 0) is 23.8 Å². The highest BCUT2D eigenvalue weighted by molar-refractivity contribution is 6.07. The quantitative estimate of drug-likeness (QED) is 0.526. The molecule has 0 bridgehead atoms. The number of ether oxygens (including phenoxy) is 3. The molecule has 0 spiro atoms. The lowest BCUT2D eigenvalue weighted by Crippen LogP contribution is -2.37. The summed E-state index contributed by atoms with van der Waals surface area (Å²) in [7, 11) is 1.49. The normalized spacial score (nSPS) is 19.5. The predicted molar refractivity (Wildman–Crippen MR) is 103 cm³/mol. The Morgan fingerprint density at radius 3 is 2.46 bits per heavy atom. The molecule has 7 heteroatoms. The number of carbonyl (C=O) groups excluding carboxylic acids is 2. The maximum absolute atomic E-state index is 14.7. The summed E-state index contributed by atoms with van der Waals surface area (Å²) in [6.45, 7) is 7.05. The fourth-order valence-corrected chi connectivity index (χ4v) is 3.27. The van der Waals surface area contributed by atoms with Gasteiger partial charge in [-0.3, -0.25) is 9.79 Å². The number of benzene rings is 1. The number of esters is 2. The van der Waals surface area contributed by atoms with E-state index in [0.717, 1.165) is 0 Å². The van der Waals surface area contributed by atoms with Crippen molar-refractivity contribution in [3.8, 4) is 0 Å². The molecule has 0 aromatic heterocycles. The van der Waals surface area contributed by atoms with Gasteiger partial charge in [0.2, 0.25) is 0 Å². The first-order valence-electron chi connectivity index (χ1n) is 9.14. The molecule has 28 heavy (non-hydrogen) atoms. The molecule has 6 nitrogen and oxygen atoms in total. The van der Waals surface area contributed by atoms with Gasteiger partial charge in [-0.25, -0.2) is 9.18 Å². The van der Waals surface area contributed by atoms with Crippen LogP contribution in [-0.4, -0.2) is 44.1 Å². The fraction of sp³-hybridized carbons (Fsp3) is 0.476. The Morgan fingerprint density at radius 2 is 1.86 bits per heavy atom. The van der Waals surface area contributed by atoms with Crippen molar-refractivity contribution in [2.24, 2.45) is 10.9 Å². The highest BCUT2D eigenvalue weighted by atomic mass is 19.1. The zero-order valence-electron chi connectivity index (χ0n) is 16.8. The number of aliphatic imine (C=N–C) groups is 1. The van der Waals surface area contributed by atoms with Gasteiger partial charge in [0.1, 0.15) is 18.3 Å². The van der Waals surface area contributed by atoms with Gasteiger partial charge in [-0.05, 0) is 39.3 Å². The molecule has 2 atom stereocenters. The van der Waals surface area contributed by atoms with Gasteiger partial charge in [0.25, 0.3) is 0 Å². The molecule has 1 aromatic rings. The minimum Gasteiger partial charge on any atom is -0.462 e. The Balaban J connectivity index is 2.55. The monoisotopic (exact) mass is 391 g/mol. The molecule has 0 saturated heterocycles. The standard InChI is InChI=1S/C21H26FNO5/c1-12(2)28-21(25)18-14(4)23-13(3)17(20(24)27-11-10-26-5)19(18)15-8-6-7-9-16(15)22/h6-9,12,18-19H,10-11H2,1-5H3. The van der Waals surface area contributed by atoms with Gasteiger partial charge < -0.3 is 14.2 Å². The predicted octanol–water partition coefficient (Wildman–Crippen LogP) is 3.42. The molecule has 1 aliphatic rings. The Labute approximate surface area is 164 Å². The van der Waals surface area contributed by atoms with Crippen LogP contribution in [0, 0.1) is 11.7 Å². The van der Waals surface area contributed by atoms with Gasteiger partial charge in [0.05, 0.1) is 18.3 Å². The van der Waals surface area contributed by atoms with E-state index in [4.69, 9.17) is 14.2 Å². The van der Waals surface area contributed by atoms with Crippen LogP contribution in [0.3, 0.4) is 0 Å². The van der Waals surface area contributed by atoms with E-state index >= 15 is 0 Å². The molecule has 1 heterocycles. The van der Waals surface area contributed by atoms with E-state index in [9.17, 15) is 14.0 Å². The third kappa shape index (κ3) is 4.84. The second kappa shape index (κ2) is 9.59. The van der Waals surface area contributed by atoms with Crippen LogP contribution >= 0.6 is 0 Å². The van der Waals surface area contributed by atoms with E-state index in [-0.39, 0.29) is 30.5 Å². The Hall–Kier alpha value is -2.54. The van der Waals surface area contributed by atoms with Gasteiger partial charge >= 0.3 is 11.9 Å². The molecular formula is C21H26FNO5. The summed E-state index contributed by atoms with van der Waals surface area (Å²) in [6.07, 6.45) is -0.356. The molecular weight excluding hydrogens is 365 g/mol. The van der Waals surface area contributed by atoms with E-state index in [1.165, 1.54) is 13.2 Å². The number of hydrogen-bond acceptors (Lipinski definition) is 6. The highest BCUT2D eigenvalue weighted by Crippen LogP contribution is 2.41. The van der Waals surface area contributed by atoms with Crippen molar-refractivity contribution in [1.82, 2.24) is 0 Å². The minimum atomic E-state index is -0.923. The molecule has 0 aliphatic carbocycles. The summed E-state index contributed by atoms with van der Waals surface area (Å²) < 4.78 is 30.2. The van der Waals surface area contributed by atoms with E-state index in [1.807, 2.05) is 0 Å². The van der Waals surface area contributed by atoms with E-state index in [1.54, 1.807) is 45.9 Å². The van der Waals surface area contributed by atoms with Gasteiger partial charge in [-0.2, -0.15) is 0 Å². The summed E-state index contributed by atoms with van der Waals surface area (Å²) in [4.78, 5) is 30.0. The fourth-order valence-electron chi connectivity index (χ4n) is 3.27. The molecule has 2 unspecified atom stereocenters.